The molecular weight excluding hydrogens is 408 g/mol. The van der Waals surface area contributed by atoms with E-state index >= 15 is 0 Å². The minimum Gasteiger partial charge on any atom is -0.0808 e. The molecule has 34 heavy (non-hydrogen) atoms. The molecular formula is C34H38. The minimum atomic E-state index is -0.177. The van der Waals surface area contributed by atoms with Crippen LogP contribution in [0.3, 0.4) is 0 Å². The molecule has 2 aliphatic carbocycles. The lowest BCUT2D eigenvalue weighted by Gasteiger charge is -2.43. The molecule has 0 nitrogen and oxygen atoms in total. The zero-order valence-electron chi connectivity index (χ0n) is 21.7. The van der Waals surface area contributed by atoms with Gasteiger partial charge in [-0.25, -0.2) is 0 Å². The Balaban J connectivity index is 1.87. The maximum Gasteiger partial charge on any atom is 0.0480 e. The summed E-state index contributed by atoms with van der Waals surface area (Å²) in [6.45, 7) is 13.5. The topological polar surface area (TPSA) is 0 Å². The highest BCUT2D eigenvalue weighted by Gasteiger charge is 2.49. The van der Waals surface area contributed by atoms with Crippen LogP contribution in [-0.2, 0) is 5.41 Å². The highest BCUT2D eigenvalue weighted by Crippen LogP contribution is 2.55. The van der Waals surface area contributed by atoms with Crippen LogP contribution >= 0.6 is 0 Å². The number of hydrogen-bond donors (Lipinski definition) is 0. The van der Waals surface area contributed by atoms with Crippen molar-refractivity contribution in [2.75, 3.05) is 0 Å². The van der Waals surface area contributed by atoms with Crippen molar-refractivity contribution >= 4 is 0 Å². The van der Waals surface area contributed by atoms with Crippen LogP contribution < -0.4 is 0 Å². The summed E-state index contributed by atoms with van der Waals surface area (Å²) < 4.78 is 0. The van der Waals surface area contributed by atoms with Crippen LogP contribution in [0.5, 0.6) is 0 Å². The fourth-order valence-corrected chi connectivity index (χ4v) is 7.13. The zero-order chi connectivity index (χ0) is 24.0. The molecule has 0 aromatic heterocycles. The predicted octanol–water partition coefficient (Wildman–Crippen LogP) is 8.64. The third kappa shape index (κ3) is 3.98. The average molecular weight is 447 g/mol. The van der Waals surface area contributed by atoms with Crippen molar-refractivity contribution in [1.29, 1.82) is 0 Å². The number of rotatable bonds is 4. The average Bonchev–Trinajstić information content (AvgIpc) is 3.16. The molecule has 1 fully saturated rings. The van der Waals surface area contributed by atoms with E-state index in [1.807, 2.05) is 0 Å². The Morgan fingerprint density at radius 1 is 0.471 bits per heavy atom. The molecule has 5 rings (SSSR count). The number of allylic oxidation sites excluding steroid dienone is 4. The number of benzene rings is 3. The summed E-state index contributed by atoms with van der Waals surface area (Å²) >= 11 is 0. The van der Waals surface area contributed by atoms with E-state index in [-0.39, 0.29) is 5.41 Å². The van der Waals surface area contributed by atoms with E-state index in [1.165, 1.54) is 62.9 Å². The first-order valence-electron chi connectivity index (χ1n) is 12.9. The van der Waals surface area contributed by atoms with Gasteiger partial charge in [-0.05, 0) is 88.8 Å². The normalized spacial score (nSPS) is 21.6. The summed E-state index contributed by atoms with van der Waals surface area (Å²) in [6, 6.07) is 21.8. The van der Waals surface area contributed by atoms with Crippen LogP contribution in [0.25, 0.3) is 0 Å². The molecule has 0 N–H and O–H groups in total. The van der Waals surface area contributed by atoms with Gasteiger partial charge in [0, 0.05) is 5.41 Å². The number of aryl methyl sites for hydroxylation is 6. The summed E-state index contributed by atoms with van der Waals surface area (Å²) in [4.78, 5) is 0. The Bertz CT molecular complexity index is 1080. The standard InChI is InChI=1S/C34H38/c1-22-11-23(2)15-30(14-22)34(31-16-24(3)12-25(4)17-31,32-18-26(5)13-27(6)19-32)33-20-28-9-7-8-10-29(28)21-33/h7-19,28-29,33H,20-21H2,1-6H3. The Hall–Kier alpha value is -2.86. The van der Waals surface area contributed by atoms with Crippen LogP contribution in [0.15, 0.2) is 78.9 Å². The van der Waals surface area contributed by atoms with Crippen molar-refractivity contribution in [2.24, 2.45) is 17.8 Å². The van der Waals surface area contributed by atoms with Crippen molar-refractivity contribution in [1.82, 2.24) is 0 Å². The lowest BCUT2D eigenvalue weighted by atomic mass is 9.60. The van der Waals surface area contributed by atoms with Gasteiger partial charge in [-0.3, -0.25) is 0 Å². The number of hydrogen-bond acceptors (Lipinski definition) is 0. The molecule has 0 bridgehead atoms. The first kappa shape index (κ1) is 22.9. The summed E-state index contributed by atoms with van der Waals surface area (Å²) in [5.74, 6) is 1.80. The molecule has 0 spiro atoms. The van der Waals surface area contributed by atoms with Crippen molar-refractivity contribution in [3.05, 3.63) is 129 Å². The second-order valence-electron chi connectivity index (χ2n) is 11.2. The summed E-state index contributed by atoms with van der Waals surface area (Å²) in [5, 5.41) is 0. The maximum absolute atomic E-state index is 2.47. The van der Waals surface area contributed by atoms with Gasteiger partial charge in [-0.1, -0.05) is 112 Å². The molecule has 2 unspecified atom stereocenters. The van der Waals surface area contributed by atoms with E-state index < -0.39 is 0 Å². The van der Waals surface area contributed by atoms with Crippen molar-refractivity contribution in [3.8, 4) is 0 Å². The molecule has 0 amide bonds. The van der Waals surface area contributed by atoms with Crippen LogP contribution in [0, 0.1) is 59.3 Å². The first-order valence-corrected chi connectivity index (χ1v) is 12.9. The lowest BCUT2D eigenvalue weighted by Crippen LogP contribution is -2.37. The molecule has 3 aromatic carbocycles. The summed E-state index contributed by atoms with van der Waals surface area (Å²) in [7, 11) is 0. The van der Waals surface area contributed by atoms with E-state index in [0.717, 1.165) is 0 Å². The second kappa shape index (κ2) is 8.73. The Morgan fingerprint density at radius 3 is 1.06 bits per heavy atom. The molecule has 2 aliphatic rings. The Morgan fingerprint density at radius 2 is 0.765 bits per heavy atom. The van der Waals surface area contributed by atoms with Crippen molar-refractivity contribution in [2.45, 2.75) is 59.8 Å². The third-order valence-electron chi connectivity index (χ3n) is 8.13. The molecule has 0 aliphatic heterocycles. The maximum atomic E-state index is 2.47. The second-order valence-corrected chi connectivity index (χ2v) is 11.2. The highest BCUT2D eigenvalue weighted by molar-refractivity contribution is 5.56. The van der Waals surface area contributed by atoms with E-state index in [2.05, 4.69) is 120 Å². The van der Waals surface area contributed by atoms with Crippen LogP contribution in [0.2, 0.25) is 0 Å². The Kier molecular flexibility index (Phi) is 5.88. The molecule has 0 heteroatoms. The van der Waals surface area contributed by atoms with Gasteiger partial charge < -0.3 is 0 Å². The van der Waals surface area contributed by atoms with Gasteiger partial charge in [0.25, 0.3) is 0 Å². The first-order chi connectivity index (χ1) is 16.3. The fraction of sp³-hybridized carbons (Fsp3) is 0.353. The van der Waals surface area contributed by atoms with E-state index in [0.29, 0.717) is 17.8 Å². The van der Waals surface area contributed by atoms with Crippen molar-refractivity contribution < 1.29 is 0 Å². The van der Waals surface area contributed by atoms with Gasteiger partial charge >= 0.3 is 0 Å². The van der Waals surface area contributed by atoms with Gasteiger partial charge in [0.2, 0.25) is 0 Å². The van der Waals surface area contributed by atoms with Crippen LogP contribution in [0.1, 0.15) is 62.9 Å². The van der Waals surface area contributed by atoms with Gasteiger partial charge in [-0.15, -0.1) is 0 Å². The van der Waals surface area contributed by atoms with Gasteiger partial charge in [-0.2, -0.15) is 0 Å². The van der Waals surface area contributed by atoms with E-state index in [4.69, 9.17) is 0 Å². The molecule has 0 radical (unpaired) electrons. The van der Waals surface area contributed by atoms with Crippen LogP contribution in [-0.4, -0.2) is 0 Å². The summed E-state index contributed by atoms with van der Waals surface area (Å²) in [5.41, 5.74) is 12.3. The highest BCUT2D eigenvalue weighted by atomic mass is 14.5. The smallest absolute Gasteiger partial charge is 0.0480 e. The quantitative estimate of drug-likeness (QED) is 0.352. The van der Waals surface area contributed by atoms with Gasteiger partial charge in [0.1, 0.15) is 0 Å². The van der Waals surface area contributed by atoms with Crippen molar-refractivity contribution in [3.63, 3.8) is 0 Å². The minimum absolute atomic E-state index is 0.177. The lowest BCUT2D eigenvalue weighted by molar-refractivity contribution is 0.370. The molecule has 3 aromatic rings. The zero-order valence-corrected chi connectivity index (χ0v) is 21.7. The predicted molar refractivity (Wildman–Crippen MR) is 146 cm³/mol. The van der Waals surface area contributed by atoms with Gasteiger partial charge in [0.15, 0.2) is 0 Å². The summed E-state index contributed by atoms with van der Waals surface area (Å²) in [6.07, 6.45) is 11.9. The molecule has 0 saturated heterocycles. The third-order valence-corrected chi connectivity index (χ3v) is 8.13. The number of fused-ring (bicyclic) bond motifs is 1. The van der Waals surface area contributed by atoms with Gasteiger partial charge in [0.05, 0.1) is 0 Å². The molecule has 174 valence electrons. The van der Waals surface area contributed by atoms with E-state index in [1.54, 1.807) is 0 Å². The molecule has 2 atom stereocenters. The molecule has 0 heterocycles. The monoisotopic (exact) mass is 446 g/mol. The van der Waals surface area contributed by atoms with E-state index in [9.17, 15) is 0 Å². The molecule has 1 saturated carbocycles. The SMILES string of the molecule is Cc1cc(C)cc(C(c2cc(C)cc(C)c2)(c2cc(C)cc(C)c2)C2CC3C=CC=CC3C2)c1. The Labute approximate surface area is 206 Å². The largest absolute Gasteiger partial charge is 0.0808 e. The fourth-order valence-electron chi connectivity index (χ4n) is 7.13. The van der Waals surface area contributed by atoms with Crippen LogP contribution in [0.4, 0.5) is 0 Å².